The van der Waals surface area contributed by atoms with Gasteiger partial charge in [-0.05, 0) is 114 Å². The third-order valence-electron chi connectivity index (χ3n) is 7.26. The highest BCUT2D eigenvalue weighted by atomic mass is 15.2. The Labute approximate surface area is 215 Å². The van der Waals surface area contributed by atoms with Crippen molar-refractivity contribution in [3.63, 3.8) is 0 Å². The number of anilines is 2. The fourth-order valence-electron chi connectivity index (χ4n) is 5.14. The number of benzene rings is 4. The summed E-state index contributed by atoms with van der Waals surface area (Å²) in [6.45, 7) is 1.55. The molecule has 1 atom stereocenters. The highest BCUT2D eigenvalue weighted by molar-refractivity contribution is 5.92. The van der Waals surface area contributed by atoms with Crippen molar-refractivity contribution in [3.05, 3.63) is 84.4 Å². The third-order valence-corrected chi connectivity index (χ3v) is 7.26. The Kier molecular flexibility index (Phi) is 7.85. The second-order valence-electron chi connectivity index (χ2n) is 9.96. The molecule has 0 amide bonds. The van der Waals surface area contributed by atoms with Gasteiger partial charge in [0, 0.05) is 0 Å². The largest absolute Gasteiger partial charge is 0.364 e. The van der Waals surface area contributed by atoms with E-state index in [-0.39, 0.29) is 0 Å². The van der Waals surface area contributed by atoms with E-state index in [4.69, 9.17) is 11.5 Å². The highest BCUT2D eigenvalue weighted by Crippen LogP contribution is 2.36. The predicted molar refractivity (Wildman–Crippen MR) is 155 cm³/mol. The smallest absolute Gasteiger partial charge is 0.0964 e. The van der Waals surface area contributed by atoms with Gasteiger partial charge < -0.3 is 22.1 Å². The second kappa shape index (κ2) is 11.6. The van der Waals surface area contributed by atoms with E-state index < -0.39 is 0 Å². The van der Waals surface area contributed by atoms with Crippen LogP contribution in [0.5, 0.6) is 0 Å². The number of nitrogens with two attached hydrogens (primary N) is 2. The second-order valence-corrected chi connectivity index (χ2v) is 9.96. The number of aryl methyl sites for hydroxylation is 1. The van der Waals surface area contributed by atoms with Crippen LogP contribution in [0.2, 0.25) is 0 Å². The molecule has 1 heterocycles. The SMILES string of the molecule is NCCCCCc1ccc(-c2ccc3ccc(-c4ccc5c(c4)NC(CCCCN)N5)cc3c2)cc1. The first-order chi connectivity index (χ1) is 17.7. The van der Waals surface area contributed by atoms with Crippen LogP contribution in [-0.4, -0.2) is 19.3 Å². The van der Waals surface area contributed by atoms with E-state index in [1.54, 1.807) is 0 Å². The molecule has 0 aliphatic carbocycles. The molecule has 4 aromatic rings. The molecule has 0 fully saturated rings. The van der Waals surface area contributed by atoms with Gasteiger partial charge in [0.05, 0.1) is 17.5 Å². The Bertz CT molecular complexity index is 1300. The first kappa shape index (κ1) is 24.4. The van der Waals surface area contributed by atoms with Gasteiger partial charge in [-0.15, -0.1) is 0 Å². The lowest BCUT2D eigenvalue weighted by Gasteiger charge is -2.11. The van der Waals surface area contributed by atoms with Crippen molar-refractivity contribution in [3.8, 4) is 22.3 Å². The number of unbranched alkanes of at least 4 members (excludes halogenated alkanes) is 3. The maximum Gasteiger partial charge on any atom is 0.0964 e. The molecule has 5 rings (SSSR count). The summed E-state index contributed by atoms with van der Waals surface area (Å²) in [4.78, 5) is 0. The van der Waals surface area contributed by atoms with Gasteiger partial charge in [-0.2, -0.15) is 0 Å². The van der Waals surface area contributed by atoms with Crippen molar-refractivity contribution >= 4 is 22.1 Å². The van der Waals surface area contributed by atoms with Crippen molar-refractivity contribution in [2.24, 2.45) is 11.5 Å². The summed E-state index contributed by atoms with van der Waals surface area (Å²) in [5.74, 6) is 0. The summed E-state index contributed by atoms with van der Waals surface area (Å²) in [7, 11) is 0. The normalized spacial score (nSPS) is 14.4. The fraction of sp³-hybridized carbons (Fsp3) is 0.312. The van der Waals surface area contributed by atoms with Crippen molar-refractivity contribution < 1.29 is 0 Å². The lowest BCUT2D eigenvalue weighted by atomic mass is 9.96. The van der Waals surface area contributed by atoms with Gasteiger partial charge in [0.15, 0.2) is 0 Å². The molecule has 36 heavy (non-hydrogen) atoms. The zero-order chi connectivity index (χ0) is 24.7. The molecule has 0 saturated heterocycles. The molecule has 6 N–H and O–H groups in total. The average molecular weight is 479 g/mol. The number of fused-ring (bicyclic) bond motifs is 2. The van der Waals surface area contributed by atoms with Crippen LogP contribution in [0.25, 0.3) is 33.0 Å². The monoisotopic (exact) mass is 478 g/mol. The third kappa shape index (κ3) is 5.72. The summed E-state index contributed by atoms with van der Waals surface area (Å²) in [6, 6.07) is 29.3. The molecule has 4 heteroatoms. The van der Waals surface area contributed by atoms with Gasteiger partial charge in [0.2, 0.25) is 0 Å². The Morgan fingerprint density at radius 1 is 0.528 bits per heavy atom. The number of hydrogen-bond acceptors (Lipinski definition) is 4. The summed E-state index contributed by atoms with van der Waals surface area (Å²) < 4.78 is 0. The van der Waals surface area contributed by atoms with Crippen LogP contribution < -0.4 is 22.1 Å². The van der Waals surface area contributed by atoms with Gasteiger partial charge in [-0.1, -0.05) is 61.0 Å². The summed E-state index contributed by atoms with van der Waals surface area (Å²) in [5.41, 5.74) is 20.0. The van der Waals surface area contributed by atoms with Crippen molar-refractivity contribution in [2.45, 2.75) is 51.1 Å². The lowest BCUT2D eigenvalue weighted by Crippen LogP contribution is -2.21. The van der Waals surface area contributed by atoms with E-state index in [0.717, 1.165) is 45.2 Å². The van der Waals surface area contributed by atoms with Crippen LogP contribution in [0.3, 0.4) is 0 Å². The predicted octanol–water partition coefficient (Wildman–Crippen LogP) is 7.14. The molecule has 1 aliphatic rings. The highest BCUT2D eigenvalue weighted by Gasteiger charge is 2.19. The number of hydrogen-bond donors (Lipinski definition) is 4. The maximum absolute atomic E-state index is 5.65. The van der Waals surface area contributed by atoms with Crippen molar-refractivity contribution in [2.75, 3.05) is 23.7 Å². The van der Waals surface area contributed by atoms with E-state index >= 15 is 0 Å². The van der Waals surface area contributed by atoms with Gasteiger partial charge in [0.1, 0.15) is 0 Å². The molecule has 0 bridgehead atoms. The van der Waals surface area contributed by atoms with Crippen LogP contribution >= 0.6 is 0 Å². The van der Waals surface area contributed by atoms with Gasteiger partial charge in [-0.3, -0.25) is 0 Å². The maximum atomic E-state index is 5.65. The summed E-state index contributed by atoms with van der Waals surface area (Å²) >= 11 is 0. The van der Waals surface area contributed by atoms with E-state index in [1.165, 1.54) is 62.8 Å². The number of rotatable bonds is 11. The van der Waals surface area contributed by atoms with Crippen LogP contribution in [0.1, 0.15) is 44.1 Å². The first-order valence-corrected chi connectivity index (χ1v) is 13.4. The van der Waals surface area contributed by atoms with Crippen LogP contribution in [-0.2, 0) is 6.42 Å². The van der Waals surface area contributed by atoms with E-state index in [0.29, 0.717) is 6.17 Å². The van der Waals surface area contributed by atoms with Crippen LogP contribution in [0, 0.1) is 0 Å². The Balaban J connectivity index is 1.32. The van der Waals surface area contributed by atoms with Gasteiger partial charge >= 0.3 is 0 Å². The Hall–Kier alpha value is -3.34. The molecule has 0 saturated carbocycles. The molecule has 4 nitrogen and oxygen atoms in total. The molecule has 186 valence electrons. The minimum atomic E-state index is 0.290. The quantitative estimate of drug-likeness (QED) is 0.173. The van der Waals surface area contributed by atoms with E-state index in [2.05, 4.69) is 89.5 Å². The molecule has 0 spiro atoms. The number of nitrogens with one attached hydrogen (secondary N) is 2. The lowest BCUT2D eigenvalue weighted by molar-refractivity contribution is 0.644. The van der Waals surface area contributed by atoms with Gasteiger partial charge in [0.25, 0.3) is 0 Å². The standard InChI is InChI=1S/C32H38N4/c33-18-4-1-2-6-23-8-10-24(11-9-23)26-14-12-25-13-15-27(21-29(25)20-26)28-16-17-30-31(22-28)36-32(35-30)7-3-5-19-34/h8-17,20-22,32,35-36H,1-7,18-19,33-34H2. The Morgan fingerprint density at radius 3 is 1.89 bits per heavy atom. The minimum Gasteiger partial charge on any atom is -0.364 e. The van der Waals surface area contributed by atoms with Crippen LogP contribution in [0.4, 0.5) is 11.4 Å². The van der Waals surface area contributed by atoms with Crippen molar-refractivity contribution in [1.82, 2.24) is 0 Å². The molecular formula is C32H38N4. The zero-order valence-corrected chi connectivity index (χ0v) is 21.1. The van der Waals surface area contributed by atoms with E-state index in [1.807, 2.05) is 0 Å². The van der Waals surface area contributed by atoms with Crippen molar-refractivity contribution in [1.29, 1.82) is 0 Å². The minimum absolute atomic E-state index is 0.290. The zero-order valence-electron chi connectivity index (χ0n) is 21.1. The molecule has 1 aliphatic heterocycles. The molecule has 4 aromatic carbocycles. The molecule has 1 unspecified atom stereocenters. The van der Waals surface area contributed by atoms with Crippen LogP contribution in [0.15, 0.2) is 78.9 Å². The van der Waals surface area contributed by atoms with E-state index in [9.17, 15) is 0 Å². The molecule has 0 radical (unpaired) electrons. The fourth-order valence-corrected chi connectivity index (χ4v) is 5.14. The van der Waals surface area contributed by atoms with Gasteiger partial charge in [-0.25, -0.2) is 0 Å². The average Bonchev–Trinajstić information content (AvgIpc) is 3.33. The summed E-state index contributed by atoms with van der Waals surface area (Å²) in [5, 5.41) is 9.76. The Morgan fingerprint density at radius 2 is 1.14 bits per heavy atom. The molecular weight excluding hydrogens is 440 g/mol. The molecule has 0 aromatic heterocycles. The summed E-state index contributed by atoms with van der Waals surface area (Å²) in [6.07, 6.45) is 8.22. The topological polar surface area (TPSA) is 76.1 Å². The first-order valence-electron chi connectivity index (χ1n) is 13.4.